The highest BCUT2D eigenvalue weighted by atomic mass is 16.1. The van der Waals surface area contributed by atoms with Crippen LogP contribution in [0.3, 0.4) is 0 Å². The zero-order chi connectivity index (χ0) is 13.6. The molecule has 1 aliphatic heterocycles. The number of rotatable bonds is 6. The summed E-state index contributed by atoms with van der Waals surface area (Å²) in [5, 5.41) is 3.12. The number of likely N-dealkylation sites (tertiary alicyclic amines) is 1. The van der Waals surface area contributed by atoms with Crippen molar-refractivity contribution in [3.63, 3.8) is 0 Å². The third kappa shape index (κ3) is 4.60. The molecule has 18 heavy (non-hydrogen) atoms. The molecular weight excluding hydrogens is 224 g/mol. The van der Waals surface area contributed by atoms with E-state index >= 15 is 0 Å². The molecule has 0 radical (unpaired) electrons. The van der Waals surface area contributed by atoms with E-state index in [1.54, 1.807) is 0 Å². The van der Waals surface area contributed by atoms with Gasteiger partial charge in [-0.15, -0.1) is 0 Å². The standard InChI is InChI=1S/C15H30N2O/c1-5-9-13(2)14(18)16-12-15(3,4)17-10-7-6-8-11-17/h13H,5-12H2,1-4H3,(H,16,18). The highest BCUT2D eigenvalue weighted by Crippen LogP contribution is 2.20. The molecule has 1 fully saturated rings. The maximum absolute atomic E-state index is 11.9. The molecule has 0 aromatic heterocycles. The van der Waals surface area contributed by atoms with Gasteiger partial charge >= 0.3 is 0 Å². The zero-order valence-corrected chi connectivity index (χ0v) is 12.6. The lowest BCUT2D eigenvalue weighted by Gasteiger charge is -2.41. The van der Waals surface area contributed by atoms with Gasteiger partial charge in [-0.05, 0) is 46.2 Å². The van der Waals surface area contributed by atoms with Gasteiger partial charge in [-0.1, -0.05) is 26.7 Å². The van der Waals surface area contributed by atoms with Gasteiger partial charge in [0.05, 0.1) is 0 Å². The Morgan fingerprint density at radius 2 is 1.89 bits per heavy atom. The first-order valence-corrected chi connectivity index (χ1v) is 7.50. The van der Waals surface area contributed by atoms with Crippen molar-refractivity contribution in [2.24, 2.45) is 5.92 Å². The second-order valence-corrected chi connectivity index (χ2v) is 6.27. The lowest BCUT2D eigenvalue weighted by molar-refractivity contribution is -0.125. The number of carbonyl (C=O) groups is 1. The molecule has 0 spiro atoms. The Morgan fingerprint density at radius 1 is 1.28 bits per heavy atom. The van der Waals surface area contributed by atoms with E-state index < -0.39 is 0 Å². The number of amides is 1. The highest BCUT2D eigenvalue weighted by Gasteiger charge is 2.28. The van der Waals surface area contributed by atoms with Crippen LogP contribution in [0.1, 0.15) is 59.8 Å². The van der Waals surface area contributed by atoms with Crippen LogP contribution in [0.4, 0.5) is 0 Å². The van der Waals surface area contributed by atoms with E-state index in [2.05, 4.69) is 31.0 Å². The van der Waals surface area contributed by atoms with Crippen molar-refractivity contribution in [2.45, 2.75) is 65.3 Å². The summed E-state index contributed by atoms with van der Waals surface area (Å²) in [7, 11) is 0. The second-order valence-electron chi connectivity index (χ2n) is 6.27. The molecule has 0 aromatic rings. The van der Waals surface area contributed by atoms with Gasteiger partial charge in [0, 0.05) is 18.0 Å². The topological polar surface area (TPSA) is 32.3 Å². The van der Waals surface area contributed by atoms with Gasteiger partial charge in [-0.25, -0.2) is 0 Å². The molecular formula is C15H30N2O. The maximum atomic E-state index is 11.9. The van der Waals surface area contributed by atoms with Crippen LogP contribution < -0.4 is 5.32 Å². The number of hydrogen-bond donors (Lipinski definition) is 1. The van der Waals surface area contributed by atoms with E-state index in [1.807, 2.05) is 6.92 Å². The first kappa shape index (κ1) is 15.5. The fourth-order valence-electron chi connectivity index (χ4n) is 2.65. The van der Waals surface area contributed by atoms with Crippen LogP contribution in [0.5, 0.6) is 0 Å². The summed E-state index contributed by atoms with van der Waals surface area (Å²) >= 11 is 0. The molecule has 1 saturated heterocycles. The van der Waals surface area contributed by atoms with Crippen LogP contribution in [-0.4, -0.2) is 36.0 Å². The summed E-state index contributed by atoms with van der Waals surface area (Å²) in [6, 6.07) is 0. The van der Waals surface area contributed by atoms with Crippen molar-refractivity contribution in [1.82, 2.24) is 10.2 Å². The minimum absolute atomic E-state index is 0.0853. The summed E-state index contributed by atoms with van der Waals surface area (Å²) < 4.78 is 0. The van der Waals surface area contributed by atoms with Gasteiger partial charge in [-0.3, -0.25) is 9.69 Å². The van der Waals surface area contributed by atoms with Gasteiger partial charge in [0.2, 0.25) is 5.91 Å². The van der Waals surface area contributed by atoms with Gasteiger partial charge in [0.25, 0.3) is 0 Å². The van der Waals surface area contributed by atoms with E-state index in [-0.39, 0.29) is 17.4 Å². The van der Waals surface area contributed by atoms with E-state index in [0.717, 1.165) is 19.4 Å². The smallest absolute Gasteiger partial charge is 0.222 e. The van der Waals surface area contributed by atoms with Gasteiger partial charge in [0.1, 0.15) is 0 Å². The summed E-state index contributed by atoms with van der Waals surface area (Å²) in [5.74, 6) is 0.356. The fraction of sp³-hybridized carbons (Fsp3) is 0.933. The zero-order valence-electron chi connectivity index (χ0n) is 12.6. The summed E-state index contributed by atoms with van der Waals surface area (Å²) in [6.45, 7) is 11.7. The molecule has 0 saturated carbocycles. The Bertz CT molecular complexity index is 257. The van der Waals surface area contributed by atoms with Crippen LogP contribution in [-0.2, 0) is 4.79 Å². The minimum atomic E-state index is 0.0853. The summed E-state index contributed by atoms with van der Waals surface area (Å²) in [4.78, 5) is 14.4. The van der Waals surface area contributed by atoms with Crippen molar-refractivity contribution in [3.8, 4) is 0 Å². The molecule has 1 amide bonds. The predicted molar refractivity (Wildman–Crippen MR) is 76.6 cm³/mol. The largest absolute Gasteiger partial charge is 0.354 e. The van der Waals surface area contributed by atoms with E-state index in [0.29, 0.717) is 0 Å². The normalized spacial score (nSPS) is 19.6. The molecule has 1 atom stereocenters. The summed E-state index contributed by atoms with van der Waals surface area (Å²) in [6.07, 6.45) is 6.00. The monoisotopic (exact) mass is 254 g/mol. The Hall–Kier alpha value is -0.570. The van der Waals surface area contributed by atoms with Gasteiger partial charge < -0.3 is 5.32 Å². The highest BCUT2D eigenvalue weighted by molar-refractivity contribution is 5.78. The SMILES string of the molecule is CCCC(C)C(=O)NCC(C)(C)N1CCCCC1. The molecule has 3 nitrogen and oxygen atoms in total. The molecule has 0 bridgehead atoms. The Morgan fingerprint density at radius 3 is 2.44 bits per heavy atom. The number of nitrogens with zero attached hydrogens (tertiary/aromatic N) is 1. The molecule has 106 valence electrons. The average molecular weight is 254 g/mol. The molecule has 1 unspecified atom stereocenters. The van der Waals surface area contributed by atoms with Crippen molar-refractivity contribution in [3.05, 3.63) is 0 Å². The van der Waals surface area contributed by atoms with Gasteiger partial charge in [0.15, 0.2) is 0 Å². The van der Waals surface area contributed by atoms with E-state index in [9.17, 15) is 4.79 Å². The average Bonchev–Trinajstić information content (AvgIpc) is 2.37. The predicted octanol–water partition coefficient (Wildman–Crippen LogP) is 2.80. The molecule has 0 aliphatic carbocycles. The lowest BCUT2D eigenvalue weighted by Crippen LogP contribution is -2.53. The number of nitrogens with one attached hydrogen (secondary N) is 1. The fourth-order valence-corrected chi connectivity index (χ4v) is 2.65. The van der Waals surface area contributed by atoms with E-state index in [1.165, 1.54) is 32.4 Å². The first-order valence-electron chi connectivity index (χ1n) is 7.50. The Labute approximate surface area is 112 Å². The molecule has 3 heteroatoms. The van der Waals surface area contributed by atoms with Crippen LogP contribution >= 0.6 is 0 Å². The molecule has 1 rings (SSSR count). The molecule has 1 heterocycles. The van der Waals surface area contributed by atoms with E-state index in [4.69, 9.17) is 0 Å². The first-order chi connectivity index (χ1) is 8.47. The van der Waals surface area contributed by atoms with Crippen molar-refractivity contribution in [2.75, 3.05) is 19.6 Å². The van der Waals surface area contributed by atoms with Crippen molar-refractivity contribution in [1.29, 1.82) is 0 Å². The molecule has 0 aromatic carbocycles. The van der Waals surface area contributed by atoms with Crippen LogP contribution in [0.2, 0.25) is 0 Å². The molecule has 1 aliphatic rings. The van der Waals surface area contributed by atoms with Gasteiger partial charge in [-0.2, -0.15) is 0 Å². The minimum Gasteiger partial charge on any atom is -0.354 e. The van der Waals surface area contributed by atoms with Crippen molar-refractivity contribution < 1.29 is 4.79 Å². The second kappa shape index (κ2) is 7.13. The third-order valence-corrected chi connectivity index (χ3v) is 4.08. The maximum Gasteiger partial charge on any atom is 0.222 e. The van der Waals surface area contributed by atoms with Crippen LogP contribution in [0.25, 0.3) is 0 Å². The third-order valence-electron chi connectivity index (χ3n) is 4.08. The molecule has 1 N–H and O–H groups in total. The number of hydrogen-bond acceptors (Lipinski definition) is 2. The van der Waals surface area contributed by atoms with Crippen LogP contribution in [0, 0.1) is 5.92 Å². The number of piperidine rings is 1. The quantitative estimate of drug-likeness (QED) is 0.790. The van der Waals surface area contributed by atoms with Crippen LogP contribution in [0.15, 0.2) is 0 Å². The van der Waals surface area contributed by atoms with Crippen molar-refractivity contribution >= 4 is 5.91 Å². The Balaban J connectivity index is 2.38. The Kier molecular flexibility index (Phi) is 6.13. The summed E-state index contributed by atoms with van der Waals surface area (Å²) in [5.41, 5.74) is 0.0853. The number of carbonyl (C=O) groups excluding carboxylic acids is 1. The lowest BCUT2D eigenvalue weighted by atomic mass is 9.98.